The Hall–Kier alpha value is -3.59. The van der Waals surface area contributed by atoms with Crippen molar-refractivity contribution in [2.24, 2.45) is 0 Å². The predicted octanol–water partition coefficient (Wildman–Crippen LogP) is -0.421. The summed E-state index contributed by atoms with van der Waals surface area (Å²) in [4.78, 5) is 30.2. The molecule has 1 unspecified atom stereocenters. The van der Waals surface area contributed by atoms with Crippen LogP contribution < -0.4 is 14.9 Å². The summed E-state index contributed by atoms with van der Waals surface area (Å²) in [6.45, 7) is -0.132. The highest BCUT2D eigenvalue weighted by atomic mass is 16.7. The third-order valence-electron chi connectivity index (χ3n) is 5.42. The molecule has 13 heteroatoms. The molecule has 2 aliphatic heterocycles. The molecule has 0 aromatic carbocycles. The van der Waals surface area contributed by atoms with E-state index in [0.717, 1.165) is 11.1 Å². The number of hydroxylamine groups is 2. The highest BCUT2D eigenvalue weighted by Crippen LogP contribution is 2.50. The molecule has 5 N–H and O–H groups in total. The summed E-state index contributed by atoms with van der Waals surface area (Å²) in [7, 11) is 0. The Bertz CT molecular complexity index is 1200. The van der Waals surface area contributed by atoms with Crippen LogP contribution in [-0.2, 0) is 5.97 Å². The fraction of sp³-hybridized carbons (Fsp3) is 0.211. The van der Waals surface area contributed by atoms with Gasteiger partial charge in [0.1, 0.15) is 6.54 Å². The second-order valence-corrected chi connectivity index (χ2v) is 7.49. The summed E-state index contributed by atoms with van der Waals surface area (Å²) >= 11 is 0. The molecule has 2 amide bonds. The van der Waals surface area contributed by atoms with Crippen molar-refractivity contribution in [1.29, 1.82) is 0 Å². The van der Waals surface area contributed by atoms with Crippen LogP contribution in [0, 0.1) is 5.21 Å². The van der Waals surface area contributed by atoms with E-state index in [2.05, 4.69) is 25.3 Å². The van der Waals surface area contributed by atoms with Gasteiger partial charge >= 0.3 is 12.0 Å². The van der Waals surface area contributed by atoms with Gasteiger partial charge in [-0.15, -0.1) is 0 Å². The van der Waals surface area contributed by atoms with Crippen molar-refractivity contribution in [3.63, 3.8) is 0 Å². The number of carbonyl (C=O) groups excluding carboxylic acids is 1. The first-order chi connectivity index (χ1) is 15.2. The molecule has 0 radical (unpaired) electrons. The summed E-state index contributed by atoms with van der Waals surface area (Å²) in [6.07, 6.45) is 4.42. The maximum absolute atomic E-state index is 13.3. The number of nitrogens with one attached hydrogen (secondary N) is 1. The molecule has 5 rings (SSSR count). The zero-order chi connectivity index (χ0) is 22.7. The molecule has 13 nitrogen and oxygen atoms in total. The largest absolute Gasteiger partial charge is 0.626 e. The number of aliphatic hydroxyl groups is 4. The van der Waals surface area contributed by atoms with Crippen LogP contribution in [0.15, 0.2) is 49.2 Å². The van der Waals surface area contributed by atoms with Crippen LogP contribution in [0.3, 0.4) is 0 Å². The molecule has 3 atom stereocenters. The monoisotopic (exact) mass is 439 g/mol. The molecule has 0 aliphatic carbocycles. The number of rotatable bonds is 3. The van der Waals surface area contributed by atoms with Crippen molar-refractivity contribution < 1.29 is 25.2 Å². The Morgan fingerprint density at radius 3 is 2.69 bits per heavy atom. The van der Waals surface area contributed by atoms with Crippen LogP contribution in [0.5, 0.6) is 0 Å². The standard InChI is InChI=1S/C19H17N7O6/c27-14-9-26(32)13-2-1-12(10-5-11(7-21-6-10)19(29,30)31)23-16(13)25(17(14)26)18(28)24-15-8-20-3-4-22-15/h1-8,14,17,27,29-31H,9H2,(H,22,24,28)/t14-,17-,26?/m1/s1. The maximum atomic E-state index is 13.3. The Labute approximate surface area is 180 Å². The molecular weight excluding hydrogens is 422 g/mol. The number of nitrogens with zero attached hydrogens (tertiary/aromatic N) is 6. The number of quaternary nitrogens is 1. The molecule has 5 heterocycles. The number of aliphatic hydroxyl groups excluding tert-OH is 1. The van der Waals surface area contributed by atoms with Gasteiger partial charge in [0.15, 0.2) is 17.6 Å². The number of pyridine rings is 2. The number of carbonyl (C=O) groups is 1. The molecule has 164 valence electrons. The van der Waals surface area contributed by atoms with E-state index in [4.69, 9.17) is 0 Å². The topological polar surface area (TPSA) is 188 Å². The second kappa shape index (κ2) is 6.96. The first-order valence-electron chi connectivity index (χ1n) is 9.46. The van der Waals surface area contributed by atoms with E-state index in [1.807, 2.05) is 0 Å². The average Bonchev–Trinajstić information content (AvgIpc) is 2.97. The zero-order valence-corrected chi connectivity index (χ0v) is 16.3. The summed E-state index contributed by atoms with van der Waals surface area (Å²) in [6, 6.07) is 3.54. The van der Waals surface area contributed by atoms with Gasteiger partial charge in [0.25, 0.3) is 0 Å². The lowest BCUT2D eigenvalue weighted by molar-refractivity contribution is -0.324. The van der Waals surface area contributed by atoms with Crippen molar-refractivity contribution in [3.05, 3.63) is 60.0 Å². The highest BCUT2D eigenvalue weighted by molar-refractivity contribution is 6.05. The molecule has 1 fully saturated rings. The molecule has 3 aromatic heterocycles. The molecule has 2 aliphatic rings. The van der Waals surface area contributed by atoms with Gasteiger partial charge in [-0.3, -0.25) is 15.3 Å². The van der Waals surface area contributed by atoms with Crippen LogP contribution in [0.1, 0.15) is 5.56 Å². The van der Waals surface area contributed by atoms with Gasteiger partial charge in [0.2, 0.25) is 12.0 Å². The molecule has 0 bridgehead atoms. The smallest absolute Gasteiger partial charge is 0.333 e. The van der Waals surface area contributed by atoms with Gasteiger partial charge in [-0.05, 0) is 12.1 Å². The molecular formula is C19H17N7O6. The predicted molar refractivity (Wildman–Crippen MR) is 109 cm³/mol. The lowest BCUT2D eigenvalue weighted by atomic mass is 10.1. The molecule has 0 spiro atoms. The van der Waals surface area contributed by atoms with Crippen LogP contribution in [0.25, 0.3) is 11.3 Å². The molecule has 0 saturated carbocycles. The highest BCUT2D eigenvalue weighted by Gasteiger charge is 2.62. The minimum Gasteiger partial charge on any atom is -0.626 e. The number of anilines is 2. The number of fused-ring (bicyclic) bond motifs is 3. The van der Waals surface area contributed by atoms with E-state index >= 15 is 0 Å². The van der Waals surface area contributed by atoms with E-state index in [9.17, 15) is 30.4 Å². The summed E-state index contributed by atoms with van der Waals surface area (Å²) in [5, 5.41) is 54.4. The normalized spacial score (nSPS) is 23.8. The SMILES string of the molecule is O=C(Nc1cnccn1)N1c2nc(-c3cncc(C(O)(O)O)c3)ccc2[N+]2([O-])C[C@@H](O)[C@H]12. The summed E-state index contributed by atoms with van der Waals surface area (Å²) in [5.41, 5.74) is 0.459. The number of amides is 2. The number of urea groups is 1. The van der Waals surface area contributed by atoms with Gasteiger partial charge in [-0.2, -0.15) is 0 Å². The lowest BCUT2D eigenvalue weighted by Crippen LogP contribution is -2.75. The van der Waals surface area contributed by atoms with Gasteiger partial charge in [-0.25, -0.2) is 19.7 Å². The van der Waals surface area contributed by atoms with Crippen molar-refractivity contribution in [2.45, 2.75) is 18.2 Å². The fourth-order valence-electron chi connectivity index (χ4n) is 3.93. The van der Waals surface area contributed by atoms with Gasteiger partial charge in [-0.1, -0.05) is 0 Å². The first-order valence-corrected chi connectivity index (χ1v) is 9.46. The fourth-order valence-corrected chi connectivity index (χ4v) is 3.93. The van der Waals surface area contributed by atoms with Crippen molar-refractivity contribution in [2.75, 3.05) is 16.8 Å². The Morgan fingerprint density at radius 2 is 2.00 bits per heavy atom. The van der Waals surface area contributed by atoms with E-state index in [1.165, 1.54) is 43.0 Å². The third kappa shape index (κ3) is 3.08. The van der Waals surface area contributed by atoms with E-state index in [-0.39, 0.29) is 35.1 Å². The Kier molecular flexibility index (Phi) is 4.42. The van der Waals surface area contributed by atoms with E-state index < -0.39 is 28.9 Å². The molecule has 1 saturated heterocycles. The second-order valence-electron chi connectivity index (χ2n) is 7.49. The van der Waals surface area contributed by atoms with Gasteiger partial charge in [0.05, 0.1) is 17.5 Å². The van der Waals surface area contributed by atoms with Crippen molar-refractivity contribution in [1.82, 2.24) is 24.6 Å². The minimum atomic E-state index is -3.10. The summed E-state index contributed by atoms with van der Waals surface area (Å²) < 4.78 is -0.941. The third-order valence-corrected chi connectivity index (χ3v) is 5.42. The van der Waals surface area contributed by atoms with Crippen LogP contribution in [0.2, 0.25) is 0 Å². The molecule has 32 heavy (non-hydrogen) atoms. The van der Waals surface area contributed by atoms with E-state index in [0.29, 0.717) is 5.56 Å². The average molecular weight is 439 g/mol. The Morgan fingerprint density at radius 1 is 1.19 bits per heavy atom. The van der Waals surface area contributed by atoms with Gasteiger partial charge in [0, 0.05) is 36.4 Å². The van der Waals surface area contributed by atoms with Crippen LogP contribution in [0.4, 0.5) is 22.1 Å². The van der Waals surface area contributed by atoms with E-state index in [1.54, 1.807) is 0 Å². The maximum Gasteiger partial charge on any atom is 0.333 e. The van der Waals surface area contributed by atoms with Gasteiger partial charge < -0.3 is 30.3 Å². The lowest BCUT2D eigenvalue weighted by Gasteiger charge is -2.54. The van der Waals surface area contributed by atoms with Crippen LogP contribution >= 0.6 is 0 Å². The molecule has 3 aromatic rings. The Balaban J connectivity index is 1.56. The zero-order valence-electron chi connectivity index (χ0n) is 16.3. The summed E-state index contributed by atoms with van der Waals surface area (Å²) in [5.74, 6) is -2.90. The quantitative estimate of drug-likeness (QED) is 0.204. The number of hydrogen-bond acceptors (Lipinski definition) is 10. The number of aromatic nitrogens is 4. The van der Waals surface area contributed by atoms with Crippen LogP contribution in [-0.4, -0.2) is 65.2 Å². The first kappa shape index (κ1) is 20.3. The van der Waals surface area contributed by atoms with Crippen molar-refractivity contribution >= 4 is 23.4 Å². The minimum absolute atomic E-state index is 0.0362. The van der Waals surface area contributed by atoms with Crippen molar-refractivity contribution in [3.8, 4) is 11.3 Å². The number of hydrogen-bond donors (Lipinski definition) is 5.